The molecule has 4 nitrogen and oxygen atoms in total. The maximum Gasteiger partial charge on any atom is 0.416 e. The first-order chi connectivity index (χ1) is 12.3. The lowest BCUT2D eigenvalue weighted by atomic mass is 10.1. The first-order valence-corrected chi connectivity index (χ1v) is 8.02. The van der Waals surface area contributed by atoms with Gasteiger partial charge in [0.1, 0.15) is 13.1 Å². The Morgan fingerprint density at radius 3 is 2.04 bits per heavy atom. The van der Waals surface area contributed by atoms with Crippen LogP contribution in [-0.2, 0) is 15.8 Å². The summed E-state index contributed by atoms with van der Waals surface area (Å²) < 4.78 is 76.0. The van der Waals surface area contributed by atoms with E-state index in [1.165, 1.54) is 26.2 Å². The first-order valence-electron chi connectivity index (χ1n) is 8.02. The molecule has 10 heteroatoms. The Bertz CT molecular complexity index is 697. The number of carbonyl (C=O) groups is 2. The maximum absolute atomic E-state index is 12.8. The molecule has 1 fully saturated rings. The zero-order chi connectivity index (χ0) is 20.6. The van der Waals surface area contributed by atoms with Crippen molar-refractivity contribution in [3.05, 3.63) is 35.4 Å². The molecule has 0 N–H and O–H groups in total. The van der Waals surface area contributed by atoms with Crippen molar-refractivity contribution >= 4 is 11.8 Å². The van der Waals surface area contributed by atoms with Crippen molar-refractivity contribution in [2.24, 2.45) is 5.92 Å². The highest BCUT2D eigenvalue weighted by molar-refractivity contribution is 5.88. The molecule has 2 rings (SSSR count). The number of carbonyl (C=O) groups excluding carboxylic acids is 2. The standard InChI is InChI=1S/C17H18F6N2O2/c1-24(2)14(26)8-25(9-16(18,19)20)15(27)13-7-12(13)10-3-5-11(6-4-10)17(21,22)23/h3-6,12-13H,7-9H2,1-2H3. The van der Waals surface area contributed by atoms with Gasteiger partial charge in [0.2, 0.25) is 11.8 Å². The fourth-order valence-electron chi connectivity index (χ4n) is 2.72. The molecule has 0 heterocycles. The largest absolute Gasteiger partial charge is 0.416 e. The Balaban J connectivity index is 2.09. The smallest absolute Gasteiger partial charge is 0.347 e. The molecule has 1 aromatic rings. The average molecular weight is 396 g/mol. The second-order valence-electron chi connectivity index (χ2n) is 6.67. The number of benzene rings is 1. The van der Waals surface area contributed by atoms with Crippen LogP contribution in [0.2, 0.25) is 0 Å². The number of alkyl halides is 6. The van der Waals surface area contributed by atoms with Crippen LogP contribution in [0, 0.1) is 5.92 Å². The van der Waals surface area contributed by atoms with Crippen LogP contribution in [0.3, 0.4) is 0 Å². The molecular formula is C17H18F6N2O2. The monoisotopic (exact) mass is 396 g/mol. The number of nitrogens with zero attached hydrogens (tertiary/aromatic N) is 2. The van der Waals surface area contributed by atoms with Crippen molar-refractivity contribution in [3.63, 3.8) is 0 Å². The minimum Gasteiger partial charge on any atom is -0.347 e. The van der Waals surface area contributed by atoms with E-state index in [0.717, 1.165) is 17.0 Å². The molecule has 0 aliphatic heterocycles. The summed E-state index contributed by atoms with van der Waals surface area (Å²) in [6.45, 7) is -2.26. The lowest BCUT2D eigenvalue weighted by Crippen LogP contribution is -2.45. The summed E-state index contributed by atoms with van der Waals surface area (Å²) in [4.78, 5) is 25.7. The van der Waals surface area contributed by atoms with Crippen LogP contribution in [0.25, 0.3) is 0 Å². The first kappa shape index (κ1) is 21.0. The number of rotatable bonds is 5. The van der Waals surface area contributed by atoms with Gasteiger partial charge < -0.3 is 9.80 Å². The zero-order valence-electron chi connectivity index (χ0n) is 14.6. The lowest BCUT2D eigenvalue weighted by molar-refractivity contribution is -0.164. The van der Waals surface area contributed by atoms with Gasteiger partial charge in [0, 0.05) is 20.0 Å². The minimum atomic E-state index is -4.67. The van der Waals surface area contributed by atoms with Crippen molar-refractivity contribution in [1.82, 2.24) is 9.80 Å². The molecule has 1 saturated carbocycles. The van der Waals surface area contributed by atoms with Gasteiger partial charge in [0.25, 0.3) is 0 Å². The summed E-state index contributed by atoms with van der Waals surface area (Å²) in [6, 6.07) is 4.19. The molecule has 0 bridgehead atoms. The van der Waals surface area contributed by atoms with Crippen LogP contribution in [0.15, 0.2) is 24.3 Å². The molecule has 1 aromatic carbocycles. The molecule has 0 saturated heterocycles. The normalized spacial score (nSPS) is 19.6. The Morgan fingerprint density at radius 1 is 1.04 bits per heavy atom. The van der Waals surface area contributed by atoms with Crippen LogP contribution in [-0.4, -0.2) is 55.0 Å². The number of amides is 2. The second kappa shape index (κ2) is 7.40. The Kier molecular flexibility index (Phi) is 5.77. The average Bonchev–Trinajstić information content (AvgIpc) is 3.32. The van der Waals surface area contributed by atoms with Gasteiger partial charge in [0.05, 0.1) is 5.56 Å². The maximum atomic E-state index is 12.8. The highest BCUT2D eigenvalue weighted by Gasteiger charge is 2.48. The molecule has 27 heavy (non-hydrogen) atoms. The number of hydrogen-bond donors (Lipinski definition) is 0. The van der Waals surface area contributed by atoms with Gasteiger partial charge in [-0.2, -0.15) is 26.3 Å². The van der Waals surface area contributed by atoms with E-state index in [9.17, 15) is 35.9 Å². The Hall–Kier alpha value is -2.26. The van der Waals surface area contributed by atoms with Gasteiger partial charge in [-0.15, -0.1) is 0 Å². The fraction of sp³-hybridized carbons (Fsp3) is 0.529. The summed E-state index contributed by atoms with van der Waals surface area (Å²) in [6.07, 6.45) is -8.93. The van der Waals surface area contributed by atoms with Crippen LogP contribution < -0.4 is 0 Å². The van der Waals surface area contributed by atoms with Crippen molar-refractivity contribution in [3.8, 4) is 0 Å². The van der Waals surface area contributed by atoms with Gasteiger partial charge >= 0.3 is 12.4 Å². The summed E-state index contributed by atoms with van der Waals surface area (Å²) in [7, 11) is 2.72. The predicted octanol–water partition coefficient (Wildman–Crippen LogP) is 3.29. The highest BCUT2D eigenvalue weighted by Crippen LogP contribution is 2.49. The Morgan fingerprint density at radius 2 is 1.59 bits per heavy atom. The quantitative estimate of drug-likeness (QED) is 0.717. The fourth-order valence-corrected chi connectivity index (χ4v) is 2.72. The molecule has 2 unspecified atom stereocenters. The number of hydrogen-bond acceptors (Lipinski definition) is 2. The van der Waals surface area contributed by atoms with Crippen molar-refractivity contribution in [1.29, 1.82) is 0 Å². The second-order valence-corrected chi connectivity index (χ2v) is 6.67. The molecule has 0 spiro atoms. The SMILES string of the molecule is CN(C)C(=O)CN(CC(F)(F)F)C(=O)C1CC1c1ccc(C(F)(F)F)cc1. The van der Waals surface area contributed by atoms with Crippen molar-refractivity contribution < 1.29 is 35.9 Å². The number of halogens is 6. The van der Waals surface area contributed by atoms with Crippen molar-refractivity contribution in [2.45, 2.75) is 24.7 Å². The van der Waals surface area contributed by atoms with E-state index < -0.39 is 54.7 Å². The molecule has 1 aliphatic carbocycles. The third kappa shape index (κ3) is 5.61. The predicted molar refractivity (Wildman–Crippen MR) is 83.6 cm³/mol. The van der Waals surface area contributed by atoms with Gasteiger partial charge in [-0.1, -0.05) is 12.1 Å². The molecular weight excluding hydrogens is 378 g/mol. The van der Waals surface area contributed by atoms with Gasteiger partial charge in [-0.25, -0.2) is 0 Å². The summed E-state index contributed by atoms with van der Waals surface area (Å²) in [5.74, 6) is -2.71. The topological polar surface area (TPSA) is 40.6 Å². The van der Waals surface area contributed by atoms with E-state index in [4.69, 9.17) is 0 Å². The number of likely N-dealkylation sites (N-methyl/N-ethyl adjacent to an activating group) is 1. The molecule has 2 atom stereocenters. The molecule has 2 amide bonds. The van der Waals surface area contributed by atoms with E-state index in [1.54, 1.807) is 0 Å². The molecule has 0 aromatic heterocycles. The lowest BCUT2D eigenvalue weighted by Gasteiger charge is -2.25. The third-order valence-electron chi connectivity index (χ3n) is 4.28. The summed E-state index contributed by atoms with van der Waals surface area (Å²) in [5.41, 5.74) is -0.391. The van der Waals surface area contributed by atoms with E-state index in [0.29, 0.717) is 10.5 Å². The van der Waals surface area contributed by atoms with Crippen LogP contribution in [0.5, 0.6) is 0 Å². The minimum absolute atomic E-state index is 0.231. The Labute approximate surface area is 151 Å². The van der Waals surface area contributed by atoms with E-state index in [-0.39, 0.29) is 6.42 Å². The molecule has 150 valence electrons. The van der Waals surface area contributed by atoms with Gasteiger partial charge in [0.15, 0.2) is 0 Å². The summed E-state index contributed by atoms with van der Waals surface area (Å²) >= 11 is 0. The van der Waals surface area contributed by atoms with Crippen LogP contribution in [0.1, 0.15) is 23.5 Å². The van der Waals surface area contributed by atoms with E-state index in [1.807, 2.05) is 0 Å². The van der Waals surface area contributed by atoms with Gasteiger partial charge in [-0.3, -0.25) is 9.59 Å². The van der Waals surface area contributed by atoms with Crippen LogP contribution in [0.4, 0.5) is 26.3 Å². The van der Waals surface area contributed by atoms with E-state index >= 15 is 0 Å². The summed E-state index contributed by atoms with van der Waals surface area (Å²) in [5, 5.41) is 0. The van der Waals surface area contributed by atoms with Crippen molar-refractivity contribution in [2.75, 3.05) is 27.2 Å². The van der Waals surface area contributed by atoms with Crippen LogP contribution >= 0.6 is 0 Å². The highest BCUT2D eigenvalue weighted by atomic mass is 19.4. The zero-order valence-corrected chi connectivity index (χ0v) is 14.6. The molecule has 1 aliphatic rings. The van der Waals surface area contributed by atoms with E-state index in [2.05, 4.69) is 0 Å². The third-order valence-corrected chi connectivity index (χ3v) is 4.28. The molecule has 0 radical (unpaired) electrons. The van der Waals surface area contributed by atoms with Gasteiger partial charge in [-0.05, 0) is 30.0 Å².